The van der Waals surface area contributed by atoms with Crippen LogP contribution in [0.2, 0.25) is 0 Å². The van der Waals surface area contributed by atoms with Crippen LogP contribution in [0.25, 0.3) is 0 Å². The molecule has 1 aromatic rings. The molecule has 2 heterocycles. The van der Waals surface area contributed by atoms with Gasteiger partial charge in [-0.3, -0.25) is 9.59 Å². The highest BCUT2D eigenvalue weighted by Gasteiger charge is 2.41. The van der Waals surface area contributed by atoms with Crippen molar-refractivity contribution in [3.05, 3.63) is 29.3 Å². The van der Waals surface area contributed by atoms with Gasteiger partial charge in [0.15, 0.2) is 0 Å². The van der Waals surface area contributed by atoms with Gasteiger partial charge in [-0.25, -0.2) is 12.7 Å². The molecule has 0 saturated carbocycles. The largest absolute Gasteiger partial charge is 0.383 e. The van der Waals surface area contributed by atoms with E-state index in [2.05, 4.69) is 5.32 Å². The van der Waals surface area contributed by atoms with E-state index in [1.165, 1.54) is 25.3 Å². The second-order valence-electron chi connectivity index (χ2n) is 6.76. The van der Waals surface area contributed by atoms with Gasteiger partial charge >= 0.3 is 0 Å². The van der Waals surface area contributed by atoms with Crippen LogP contribution in [-0.4, -0.2) is 74.9 Å². The van der Waals surface area contributed by atoms with E-state index >= 15 is 0 Å². The van der Waals surface area contributed by atoms with Crippen LogP contribution >= 0.6 is 0 Å². The Balaban J connectivity index is 1.91. The molecule has 2 amide bonds. The number of nitrogens with one attached hydrogen (secondary N) is 1. The van der Waals surface area contributed by atoms with E-state index in [1.807, 2.05) is 13.8 Å². The Morgan fingerprint density at radius 2 is 1.92 bits per heavy atom. The zero-order chi connectivity index (χ0) is 19.1. The van der Waals surface area contributed by atoms with Crippen molar-refractivity contribution in [3.63, 3.8) is 0 Å². The van der Waals surface area contributed by atoms with Crippen molar-refractivity contribution >= 4 is 21.8 Å². The summed E-state index contributed by atoms with van der Waals surface area (Å²) in [6.45, 7) is 5.15. The minimum atomic E-state index is -3.96. The lowest BCUT2D eigenvalue weighted by atomic mass is 10.1. The fraction of sp³-hybridized carbons (Fsp3) is 0.529. The molecule has 1 aromatic carbocycles. The van der Waals surface area contributed by atoms with Crippen LogP contribution in [-0.2, 0) is 14.8 Å². The van der Waals surface area contributed by atoms with Crippen molar-refractivity contribution in [1.29, 1.82) is 0 Å². The Morgan fingerprint density at radius 1 is 1.27 bits per heavy atom. The van der Waals surface area contributed by atoms with Crippen molar-refractivity contribution in [1.82, 2.24) is 14.5 Å². The standard InChI is InChI=1S/C17H23N3O5S/c1-11-9-19(10-12(2)18-11)16(21)13-4-5-14-15(8-13)26(23,24)20(17(14)22)6-7-25-3/h4-5,8,11-12,18H,6-7,9-10H2,1-3H3/t11-,12+. The highest BCUT2D eigenvalue weighted by molar-refractivity contribution is 7.90. The molecule has 1 N–H and O–H groups in total. The van der Waals surface area contributed by atoms with Crippen LogP contribution in [0.3, 0.4) is 0 Å². The van der Waals surface area contributed by atoms with Gasteiger partial charge in [0, 0.05) is 37.8 Å². The first-order valence-corrected chi connectivity index (χ1v) is 9.95. The first-order valence-electron chi connectivity index (χ1n) is 8.51. The summed E-state index contributed by atoms with van der Waals surface area (Å²) in [6, 6.07) is 4.57. The molecule has 0 radical (unpaired) electrons. The SMILES string of the molecule is COCCN1C(=O)c2ccc(C(=O)N3C[C@@H](C)N[C@@H](C)C3)cc2S1(=O)=O. The number of nitrogens with zero attached hydrogens (tertiary/aromatic N) is 2. The van der Waals surface area contributed by atoms with Crippen molar-refractivity contribution in [2.45, 2.75) is 30.8 Å². The lowest BCUT2D eigenvalue weighted by Crippen LogP contribution is -2.55. The number of benzene rings is 1. The first-order chi connectivity index (χ1) is 12.3. The number of methoxy groups -OCH3 is 1. The third-order valence-corrected chi connectivity index (χ3v) is 6.42. The van der Waals surface area contributed by atoms with E-state index in [-0.39, 0.29) is 47.2 Å². The molecule has 0 unspecified atom stereocenters. The van der Waals surface area contributed by atoms with E-state index < -0.39 is 15.9 Å². The monoisotopic (exact) mass is 381 g/mol. The highest BCUT2D eigenvalue weighted by Crippen LogP contribution is 2.31. The number of ether oxygens (including phenoxy) is 1. The molecule has 1 fully saturated rings. The Morgan fingerprint density at radius 3 is 2.54 bits per heavy atom. The minimum Gasteiger partial charge on any atom is -0.383 e. The summed E-state index contributed by atoms with van der Waals surface area (Å²) in [7, 11) is -2.52. The fourth-order valence-corrected chi connectivity index (χ4v) is 5.06. The number of fused-ring (bicyclic) bond motifs is 1. The first kappa shape index (κ1) is 18.8. The van der Waals surface area contributed by atoms with Crippen molar-refractivity contribution in [3.8, 4) is 0 Å². The number of hydrogen-bond donors (Lipinski definition) is 1. The van der Waals surface area contributed by atoms with Crippen LogP contribution < -0.4 is 5.32 Å². The summed E-state index contributed by atoms with van der Waals surface area (Å²) >= 11 is 0. The van der Waals surface area contributed by atoms with E-state index in [4.69, 9.17) is 4.74 Å². The van der Waals surface area contributed by atoms with Crippen LogP contribution in [0.5, 0.6) is 0 Å². The van der Waals surface area contributed by atoms with Crippen molar-refractivity contribution in [2.75, 3.05) is 33.4 Å². The highest BCUT2D eigenvalue weighted by atomic mass is 32.2. The smallest absolute Gasteiger partial charge is 0.269 e. The number of piperazine rings is 1. The van der Waals surface area contributed by atoms with E-state index in [0.29, 0.717) is 13.1 Å². The Hall–Kier alpha value is -1.97. The maximum absolute atomic E-state index is 12.8. The second-order valence-corrected chi connectivity index (χ2v) is 8.60. The third-order valence-electron chi connectivity index (χ3n) is 4.60. The van der Waals surface area contributed by atoms with Gasteiger partial charge in [-0.15, -0.1) is 0 Å². The van der Waals surface area contributed by atoms with E-state index in [0.717, 1.165) is 4.31 Å². The van der Waals surface area contributed by atoms with Gasteiger partial charge in [0.1, 0.15) is 4.90 Å². The van der Waals surface area contributed by atoms with Crippen LogP contribution in [0.15, 0.2) is 23.1 Å². The third kappa shape index (κ3) is 3.22. The van der Waals surface area contributed by atoms with Gasteiger partial charge in [-0.1, -0.05) is 0 Å². The molecule has 0 spiro atoms. The summed E-state index contributed by atoms with van der Waals surface area (Å²) in [5, 5.41) is 3.35. The van der Waals surface area contributed by atoms with Gasteiger partial charge in [0.25, 0.3) is 21.8 Å². The number of amides is 2. The summed E-state index contributed by atoms with van der Waals surface area (Å²) in [5.74, 6) is -0.813. The predicted octanol–water partition coefficient (Wildman–Crippen LogP) is 0.300. The van der Waals surface area contributed by atoms with Gasteiger partial charge in [0.05, 0.1) is 18.7 Å². The Bertz CT molecular complexity index is 829. The molecule has 142 valence electrons. The Kier molecular flexibility index (Phi) is 5.05. The van der Waals surface area contributed by atoms with E-state index in [1.54, 1.807) is 4.90 Å². The predicted molar refractivity (Wildman–Crippen MR) is 94.5 cm³/mol. The molecule has 1 saturated heterocycles. The maximum atomic E-state index is 12.8. The van der Waals surface area contributed by atoms with Gasteiger partial charge in [-0.05, 0) is 32.0 Å². The fourth-order valence-electron chi connectivity index (χ4n) is 3.48. The number of rotatable bonds is 4. The van der Waals surface area contributed by atoms with Gasteiger partial charge in [-0.2, -0.15) is 0 Å². The van der Waals surface area contributed by atoms with Crippen molar-refractivity contribution < 1.29 is 22.7 Å². The van der Waals surface area contributed by atoms with E-state index in [9.17, 15) is 18.0 Å². The molecule has 26 heavy (non-hydrogen) atoms. The summed E-state index contributed by atoms with van der Waals surface area (Å²) in [6.07, 6.45) is 0. The molecule has 0 bridgehead atoms. The number of carbonyl (C=O) groups is 2. The molecule has 0 aliphatic carbocycles. The molecule has 2 aliphatic heterocycles. The van der Waals surface area contributed by atoms with Crippen LogP contribution in [0.4, 0.5) is 0 Å². The topological polar surface area (TPSA) is 96.0 Å². The van der Waals surface area contributed by atoms with Crippen molar-refractivity contribution in [2.24, 2.45) is 0 Å². The molecule has 2 atom stereocenters. The van der Waals surface area contributed by atoms with Crippen LogP contribution in [0.1, 0.15) is 34.6 Å². The molecule has 3 rings (SSSR count). The summed E-state index contributed by atoms with van der Waals surface area (Å²) in [5.41, 5.74) is 0.370. The molecular weight excluding hydrogens is 358 g/mol. The zero-order valence-corrected chi connectivity index (χ0v) is 15.9. The molecule has 9 heteroatoms. The molecule has 2 aliphatic rings. The average Bonchev–Trinajstić information content (AvgIpc) is 2.77. The maximum Gasteiger partial charge on any atom is 0.269 e. The van der Waals surface area contributed by atoms with Gasteiger partial charge < -0.3 is 15.0 Å². The Labute approximate surface area is 153 Å². The lowest BCUT2D eigenvalue weighted by molar-refractivity contribution is 0.0673. The number of carbonyl (C=O) groups excluding carboxylic acids is 2. The molecule has 0 aromatic heterocycles. The lowest BCUT2D eigenvalue weighted by Gasteiger charge is -2.36. The molecule has 8 nitrogen and oxygen atoms in total. The molecular formula is C17H23N3O5S. The quantitative estimate of drug-likeness (QED) is 0.806. The summed E-state index contributed by atoms with van der Waals surface area (Å²) in [4.78, 5) is 26.8. The zero-order valence-electron chi connectivity index (χ0n) is 15.1. The number of sulfonamides is 1. The normalized spacial score (nSPS) is 24.7. The van der Waals surface area contributed by atoms with Crippen LogP contribution in [0, 0.1) is 0 Å². The average molecular weight is 381 g/mol. The second kappa shape index (κ2) is 6.98. The number of hydrogen-bond acceptors (Lipinski definition) is 6. The summed E-state index contributed by atoms with van der Waals surface area (Å²) < 4.78 is 31.0. The minimum absolute atomic E-state index is 0.0531. The van der Waals surface area contributed by atoms with Gasteiger partial charge in [0.2, 0.25) is 0 Å².